The summed E-state index contributed by atoms with van der Waals surface area (Å²) in [4.78, 5) is 8.58. The average molecular weight is 312 g/mol. The van der Waals surface area contributed by atoms with Gasteiger partial charge in [0.15, 0.2) is 5.13 Å². The molecule has 4 heteroatoms. The summed E-state index contributed by atoms with van der Waals surface area (Å²) < 4.78 is 0. The first-order valence-corrected chi connectivity index (χ1v) is 8.83. The molecule has 0 aliphatic rings. The SMILES string of the molecule is CC(C)CNCc1sc(N(C)CC(C)(C)C)nc1C(C)C. The van der Waals surface area contributed by atoms with E-state index in [1.165, 1.54) is 10.6 Å². The van der Waals surface area contributed by atoms with Gasteiger partial charge < -0.3 is 10.2 Å². The van der Waals surface area contributed by atoms with Gasteiger partial charge in [-0.1, -0.05) is 48.5 Å². The van der Waals surface area contributed by atoms with Crippen LogP contribution in [-0.2, 0) is 6.54 Å². The quantitative estimate of drug-likeness (QED) is 0.804. The molecule has 0 atom stereocenters. The van der Waals surface area contributed by atoms with E-state index in [-0.39, 0.29) is 5.41 Å². The Labute approximate surface area is 135 Å². The summed E-state index contributed by atoms with van der Waals surface area (Å²) in [6.07, 6.45) is 0. The maximum atomic E-state index is 4.90. The van der Waals surface area contributed by atoms with Crippen LogP contribution in [-0.4, -0.2) is 25.1 Å². The standard InChI is InChI=1S/C17H33N3S/c1-12(2)9-18-10-14-15(13(3)4)19-16(21-14)20(8)11-17(5,6)7/h12-13,18H,9-11H2,1-8H3. The minimum Gasteiger partial charge on any atom is -0.351 e. The smallest absolute Gasteiger partial charge is 0.185 e. The molecule has 0 unspecified atom stereocenters. The summed E-state index contributed by atoms with van der Waals surface area (Å²) in [5, 5.41) is 4.70. The highest BCUT2D eigenvalue weighted by molar-refractivity contribution is 7.15. The van der Waals surface area contributed by atoms with Gasteiger partial charge in [-0.05, 0) is 23.8 Å². The van der Waals surface area contributed by atoms with Gasteiger partial charge in [0.2, 0.25) is 0 Å². The molecule has 1 N–H and O–H groups in total. The zero-order chi connectivity index (χ0) is 16.2. The third kappa shape index (κ3) is 6.35. The number of rotatable bonds is 7. The number of hydrogen-bond donors (Lipinski definition) is 1. The van der Waals surface area contributed by atoms with Crippen LogP contribution in [0.25, 0.3) is 0 Å². The number of thiazole rings is 1. The highest BCUT2D eigenvalue weighted by atomic mass is 32.1. The highest BCUT2D eigenvalue weighted by Gasteiger charge is 2.20. The van der Waals surface area contributed by atoms with Crippen LogP contribution in [0.2, 0.25) is 0 Å². The number of nitrogens with one attached hydrogen (secondary N) is 1. The largest absolute Gasteiger partial charge is 0.351 e. The van der Waals surface area contributed by atoms with Gasteiger partial charge in [-0.2, -0.15) is 0 Å². The van der Waals surface area contributed by atoms with Crippen LogP contribution in [0, 0.1) is 11.3 Å². The van der Waals surface area contributed by atoms with Crippen LogP contribution < -0.4 is 10.2 Å². The molecule has 21 heavy (non-hydrogen) atoms. The van der Waals surface area contributed by atoms with Crippen LogP contribution in [0.4, 0.5) is 5.13 Å². The minimum absolute atomic E-state index is 0.286. The van der Waals surface area contributed by atoms with Gasteiger partial charge in [0, 0.05) is 25.0 Å². The Kier molecular flexibility index (Phi) is 6.67. The topological polar surface area (TPSA) is 28.2 Å². The minimum atomic E-state index is 0.286. The lowest BCUT2D eigenvalue weighted by molar-refractivity contribution is 0.418. The van der Waals surface area contributed by atoms with Crippen LogP contribution in [0.3, 0.4) is 0 Å². The van der Waals surface area contributed by atoms with E-state index in [1.807, 2.05) is 11.3 Å². The molecular formula is C17H33N3S. The van der Waals surface area contributed by atoms with Gasteiger partial charge in [0.05, 0.1) is 5.69 Å². The molecule has 0 aliphatic heterocycles. The molecule has 0 bridgehead atoms. The van der Waals surface area contributed by atoms with Gasteiger partial charge >= 0.3 is 0 Å². The maximum absolute atomic E-state index is 4.90. The third-order valence-electron chi connectivity index (χ3n) is 3.14. The Bertz CT molecular complexity index is 430. The predicted molar refractivity (Wildman–Crippen MR) is 95.5 cm³/mol. The normalized spacial score (nSPS) is 12.5. The first-order valence-electron chi connectivity index (χ1n) is 8.01. The van der Waals surface area contributed by atoms with E-state index in [2.05, 4.69) is 65.7 Å². The van der Waals surface area contributed by atoms with Crippen molar-refractivity contribution in [1.82, 2.24) is 10.3 Å². The van der Waals surface area contributed by atoms with Crippen molar-refractivity contribution in [2.75, 3.05) is 25.0 Å². The average Bonchev–Trinajstić information content (AvgIpc) is 2.70. The fourth-order valence-electron chi connectivity index (χ4n) is 2.35. The zero-order valence-corrected chi connectivity index (χ0v) is 15.9. The molecule has 0 aromatic carbocycles. The lowest BCUT2D eigenvalue weighted by atomic mass is 9.96. The van der Waals surface area contributed by atoms with Crippen LogP contribution in [0.1, 0.15) is 65.0 Å². The molecule has 0 spiro atoms. The van der Waals surface area contributed by atoms with Crippen molar-refractivity contribution in [3.05, 3.63) is 10.6 Å². The molecule has 1 aromatic rings. The van der Waals surface area contributed by atoms with E-state index in [4.69, 9.17) is 4.98 Å². The zero-order valence-electron chi connectivity index (χ0n) is 15.1. The van der Waals surface area contributed by atoms with Gasteiger partial charge in [0.1, 0.15) is 0 Å². The van der Waals surface area contributed by atoms with E-state index >= 15 is 0 Å². The number of hydrogen-bond acceptors (Lipinski definition) is 4. The molecule has 1 rings (SSSR count). The molecule has 0 saturated heterocycles. The van der Waals surface area contributed by atoms with E-state index < -0.39 is 0 Å². The van der Waals surface area contributed by atoms with Gasteiger partial charge in [-0.15, -0.1) is 11.3 Å². The molecule has 0 fully saturated rings. The van der Waals surface area contributed by atoms with Crippen molar-refractivity contribution in [2.45, 2.75) is 60.9 Å². The molecular weight excluding hydrogens is 278 g/mol. The second-order valence-corrected chi connectivity index (χ2v) is 8.96. The molecule has 122 valence electrons. The van der Waals surface area contributed by atoms with E-state index in [1.54, 1.807) is 0 Å². The molecule has 0 saturated carbocycles. The number of nitrogens with zero attached hydrogens (tertiary/aromatic N) is 2. The molecule has 0 amide bonds. The summed E-state index contributed by atoms with van der Waals surface area (Å²) in [5.41, 5.74) is 1.54. The highest BCUT2D eigenvalue weighted by Crippen LogP contribution is 2.31. The third-order valence-corrected chi connectivity index (χ3v) is 4.32. The number of anilines is 1. The van der Waals surface area contributed by atoms with Crippen molar-refractivity contribution in [2.24, 2.45) is 11.3 Å². The van der Waals surface area contributed by atoms with Crippen molar-refractivity contribution >= 4 is 16.5 Å². The number of aromatic nitrogens is 1. The fraction of sp³-hybridized carbons (Fsp3) is 0.824. The van der Waals surface area contributed by atoms with Gasteiger partial charge in [-0.25, -0.2) is 4.98 Å². The van der Waals surface area contributed by atoms with Gasteiger partial charge in [-0.3, -0.25) is 0 Å². The Morgan fingerprint density at radius 3 is 2.29 bits per heavy atom. The Morgan fingerprint density at radius 2 is 1.81 bits per heavy atom. The Morgan fingerprint density at radius 1 is 1.19 bits per heavy atom. The van der Waals surface area contributed by atoms with Crippen LogP contribution in [0.15, 0.2) is 0 Å². The molecule has 0 aliphatic carbocycles. The fourth-order valence-corrected chi connectivity index (χ4v) is 3.49. The molecule has 1 heterocycles. The van der Waals surface area contributed by atoms with Crippen LogP contribution >= 0.6 is 11.3 Å². The second kappa shape index (κ2) is 7.59. The summed E-state index contributed by atoms with van der Waals surface area (Å²) in [6, 6.07) is 0. The van der Waals surface area contributed by atoms with E-state index in [9.17, 15) is 0 Å². The molecule has 0 radical (unpaired) electrons. The monoisotopic (exact) mass is 311 g/mol. The first-order chi connectivity index (χ1) is 9.60. The summed E-state index contributed by atoms with van der Waals surface area (Å²) in [7, 11) is 2.15. The maximum Gasteiger partial charge on any atom is 0.185 e. The lowest BCUT2D eigenvalue weighted by Crippen LogP contribution is -2.28. The van der Waals surface area contributed by atoms with Crippen molar-refractivity contribution in [3.8, 4) is 0 Å². The van der Waals surface area contributed by atoms with Crippen molar-refractivity contribution in [1.29, 1.82) is 0 Å². The summed E-state index contributed by atoms with van der Waals surface area (Å²) in [5.74, 6) is 1.16. The first kappa shape index (κ1) is 18.4. The second-order valence-electron chi connectivity index (χ2n) is 7.90. The van der Waals surface area contributed by atoms with Crippen molar-refractivity contribution < 1.29 is 0 Å². The lowest BCUT2D eigenvalue weighted by Gasteiger charge is -2.26. The molecule has 3 nitrogen and oxygen atoms in total. The van der Waals surface area contributed by atoms with Crippen molar-refractivity contribution in [3.63, 3.8) is 0 Å². The van der Waals surface area contributed by atoms with E-state index in [0.29, 0.717) is 11.8 Å². The summed E-state index contributed by atoms with van der Waals surface area (Å²) >= 11 is 1.84. The molecule has 1 aromatic heterocycles. The Balaban J connectivity index is 2.83. The van der Waals surface area contributed by atoms with Crippen LogP contribution in [0.5, 0.6) is 0 Å². The summed E-state index contributed by atoms with van der Waals surface area (Å²) in [6.45, 7) is 18.8. The Hall–Kier alpha value is -0.610. The predicted octanol–water partition coefficient (Wildman–Crippen LogP) is 4.49. The van der Waals surface area contributed by atoms with Gasteiger partial charge in [0.25, 0.3) is 0 Å². The van der Waals surface area contributed by atoms with E-state index in [0.717, 1.165) is 24.8 Å².